The summed E-state index contributed by atoms with van der Waals surface area (Å²) in [6.07, 6.45) is 3.53. The van der Waals surface area contributed by atoms with Crippen LogP contribution in [0.15, 0.2) is 28.9 Å². The first-order chi connectivity index (χ1) is 14.6. The molecule has 0 spiro atoms. The minimum absolute atomic E-state index is 0.0996. The lowest BCUT2D eigenvalue weighted by Crippen LogP contribution is -2.45. The van der Waals surface area contributed by atoms with Crippen molar-refractivity contribution in [3.63, 3.8) is 0 Å². The van der Waals surface area contributed by atoms with Crippen molar-refractivity contribution in [2.45, 2.75) is 32.0 Å². The number of nitrogens with zero attached hydrogens (tertiary/aromatic N) is 3. The third kappa shape index (κ3) is 5.57. The van der Waals surface area contributed by atoms with Crippen molar-refractivity contribution < 1.29 is 18.3 Å². The van der Waals surface area contributed by atoms with Crippen molar-refractivity contribution in [2.75, 3.05) is 39.3 Å². The normalized spacial score (nSPS) is 20.5. The third-order valence-corrected chi connectivity index (χ3v) is 5.80. The van der Waals surface area contributed by atoms with Crippen molar-refractivity contribution in [1.29, 1.82) is 0 Å². The van der Waals surface area contributed by atoms with Gasteiger partial charge >= 0.3 is 0 Å². The lowest BCUT2D eigenvalue weighted by Gasteiger charge is -2.34. The Morgan fingerprint density at radius 1 is 1.23 bits per heavy atom. The molecule has 4 rings (SSSR count). The zero-order chi connectivity index (χ0) is 20.9. The molecule has 7 nitrogen and oxygen atoms in total. The molecule has 1 aromatic heterocycles. The highest BCUT2D eigenvalue weighted by Crippen LogP contribution is 2.18. The predicted octanol–water partition coefficient (Wildman–Crippen LogP) is 2.69. The van der Waals surface area contributed by atoms with Crippen LogP contribution in [0.4, 0.5) is 4.39 Å². The topological polar surface area (TPSA) is 70.8 Å². The molecule has 3 heterocycles. The Kier molecular flexibility index (Phi) is 6.99. The highest BCUT2D eigenvalue weighted by molar-refractivity contribution is 6.30. The Balaban J connectivity index is 1.21. The van der Waals surface area contributed by atoms with Crippen LogP contribution < -0.4 is 5.32 Å². The van der Waals surface area contributed by atoms with E-state index >= 15 is 0 Å². The van der Waals surface area contributed by atoms with E-state index in [1.807, 2.05) is 0 Å². The van der Waals surface area contributed by atoms with Gasteiger partial charge in [-0.3, -0.25) is 14.6 Å². The summed E-state index contributed by atoms with van der Waals surface area (Å²) in [4.78, 5) is 21.1. The number of ether oxygens (including phenoxy) is 1. The van der Waals surface area contributed by atoms with Crippen LogP contribution in [-0.2, 0) is 17.8 Å². The number of nitrogens with one attached hydrogen (secondary N) is 1. The van der Waals surface area contributed by atoms with Gasteiger partial charge in [0.2, 0.25) is 5.89 Å². The summed E-state index contributed by atoms with van der Waals surface area (Å²) < 4.78 is 24.3. The standard InChI is InChI=1S/C21H26ClFN4O3/c22-17-10-15(3-4-18(17)23)12-26-5-7-27(8-6-26)13-20-25-19(14-30-20)21(28)24-11-16-2-1-9-29-16/h3-4,10,14,16H,1-2,5-9,11-13H2,(H,24,28). The molecule has 1 aromatic carbocycles. The van der Waals surface area contributed by atoms with E-state index in [-0.39, 0.29) is 17.0 Å². The first kappa shape index (κ1) is 21.2. The quantitative estimate of drug-likeness (QED) is 0.719. The SMILES string of the molecule is O=C(NCC1CCCO1)c1coc(CN2CCN(Cc3ccc(F)c(Cl)c3)CC2)n1. The number of carbonyl (C=O) groups is 1. The second-order valence-electron chi connectivity index (χ2n) is 7.77. The van der Waals surface area contributed by atoms with E-state index in [4.69, 9.17) is 20.8 Å². The van der Waals surface area contributed by atoms with Gasteiger partial charge in [-0.2, -0.15) is 0 Å². The minimum Gasteiger partial charge on any atom is -0.447 e. The predicted molar refractivity (Wildman–Crippen MR) is 110 cm³/mol. The van der Waals surface area contributed by atoms with Crippen LogP contribution in [0.3, 0.4) is 0 Å². The molecule has 2 aliphatic heterocycles. The summed E-state index contributed by atoms with van der Waals surface area (Å²) in [6.45, 7) is 6.05. The number of benzene rings is 1. The molecule has 2 saturated heterocycles. The average molecular weight is 437 g/mol. The van der Waals surface area contributed by atoms with E-state index in [0.717, 1.165) is 57.7 Å². The molecular weight excluding hydrogens is 411 g/mol. The van der Waals surface area contributed by atoms with Gasteiger partial charge in [0.05, 0.1) is 17.7 Å². The molecule has 162 valence electrons. The summed E-state index contributed by atoms with van der Waals surface area (Å²) in [5.41, 5.74) is 1.30. The molecule has 0 bridgehead atoms. The number of piperazine rings is 1. The van der Waals surface area contributed by atoms with E-state index in [2.05, 4.69) is 20.1 Å². The number of rotatable bonds is 7. The van der Waals surface area contributed by atoms with Crippen molar-refractivity contribution in [2.24, 2.45) is 0 Å². The molecule has 1 atom stereocenters. The number of aromatic nitrogens is 1. The number of hydrogen-bond acceptors (Lipinski definition) is 6. The van der Waals surface area contributed by atoms with Gasteiger partial charge in [0.1, 0.15) is 12.1 Å². The van der Waals surface area contributed by atoms with Gasteiger partial charge in [-0.15, -0.1) is 0 Å². The van der Waals surface area contributed by atoms with E-state index in [1.54, 1.807) is 12.1 Å². The molecule has 2 aromatic rings. The number of carbonyl (C=O) groups excluding carboxylic acids is 1. The Labute approximate surface area is 180 Å². The van der Waals surface area contributed by atoms with Crippen molar-refractivity contribution >= 4 is 17.5 Å². The molecule has 0 radical (unpaired) electrons. The third-order valence-electron chi connectivity index (χ3n) is 5.51. The first-order valence-electron chi connectivity index (χ1n) is 10.3. The fourth-order valence-electron chi connectivity index (χ4n) is 3.78. The lowest BCUT2D eigenvalue weighted by molar-refractivity contribution is 0.0853. The highest BCUT2D eigenvalue weighted by Gasteiger charge is 2.21. The van der Waals surface area contributed by atoms with Gasteiger partial charge in [-0.1, -0.05) is 17.7 Å². The molecule has 2 aliphatic rings. The smallest absolute Gasteiger partial charge is 0.273 e. The van der Waals surface area contributed by atoms with Crippen molar-refractivity contribution in [1.82, 2.24) is 20.1 Å². The first-order valence-corrected chi connectivity index (χ1v) is 10.7. The molecule has 30 heavy (non-hydrogen) atoms. The van der Waals surface area contributed by atoms with Gasteiger partial charge in [0.15, 0.2) is 5.69 Å². The van der Waals surface area contributed by atoms with E-state index in [9.17, 15) is 9.18 Å². The summed E-state index contributed by atoms with van der Waals surface area (Å²) in [7, 11) is 0. The molecule has 1 amide bonds. The van der Waals surface area contributed by atoms with Crippen LogP contribution >= 0.6 is 11.6 Å². The van der Waals surface area contributed by atoms with E-state index < -0.39 is 5.82 Å². The molecular formula is C21H26ClFN4O3. The van der Waals surface area contributed by atoms with E-state index in [0.29, 0.717) is 24.7 Å². The van der Waals surface area contributed by atoms with Crippen LogP contribution in [-0.4, -0.2) is 66.1 Å². The molecule has 2 fully saturated rings. The monoisotopic (exact) mass is 436 g/mol. The second-order valence-corrected chi connectivity index (χ2v) is 8.18. The van der Waals surface area contributed by atoms with Gasteiger partial charge in [0, 0.05) is 45.9 Å². The molecule has 0 saturated carbocycles. The molecule has 1 N–H and O–H groups in total. The maximum absolute atomic E-state index is 13.3. The molecule has 1 unspecified atom stereocenters. The maximum Gasteiger partial charge on any atom is 0.273 e. The number of halogens is 2. The Morgan fingerprint density at radius 2 is 2.00 bits per heavy atom. The van der Waals surface area contributed by atoms with Gasteiger partial charge in [0.25, 0.3) is 5.91 Å². The number of amides is 1. The maximum atomic E-state index is 13.3. The van der Waals surface area contributed by atoms with Gasteiger partial charge in [-0.25, -0.2) is 9.37 Å². The fraction of sp³-hybridized carbons (Fsp3) is 0.524. The zero-order valence-corrected chi connectivity index (χ0v) is 17.5. The second kappa shape index (κ2) is 9.87. The van der Waals surface area contributed by atoms with Crippen LogP contribution in [0.1, 0.15) is 34.8 Å². The Bertz CT molecular complexity index is 864. The zero-order valence-electron chi connectivity index (χ0n) is 16.8. The largest absolute Gasteiger partial charge is 0.447 e. The van der Waals surface area contributed by atoms with Gasteiger partial charge < -0.3 is 14.5 Å². The van der Waals surface area contributed by atoms with Crippen molar-refractivity contribution in [3.05, 3.63) is 52.5 Å². The summed E-state index contributed by atoms with van der Waals surface area (Å²) >= 11 is 5.87. The van der Waals surface area contributed by atoms with Crippen molar-refractivity contribution in [3.8, 4) is 0 Å². The van der Waals surface area contributed by atoms with Gasteiger partial charge in [-0.05, 0) is 30.5 Å². The minimum atomic E-state index is -0.392. The summed E-state index contributed by atoms with van der Waals surface area (Å²) in [6, 6.07) is 4.86. The lowest BCUT2D eigenvalue weighted by atomic mass is 10.2. The summed E-state index contributed by atoms with van der Waals surface area (Å²) in [5, 5.41) is 3.01. The van der Waals surface area contributed by atoms with Crippen LogP contribution in [0.5, 0.6) is 0 Å². The highest BCUT2D eigenvalue weighted by atomic mass is 35.5. The van der Waals surface area contributed by atoms with Crippen LogP contribution in [0.2, 0.25) is 5.02 Å². The number of hydrogen-bond donors (Lipinski definition) is 1. The molecule has 0 aliphatic carbocycles. The average Bonchev–Trinajstić information content (AvgIpc) is 3.43. The van der Waals surface area contributed by atoms with Crippen LogP contribution in [0, 0.1) is 5.82 Å². The fourth-order valence-corrected chi connectivity index (χ4v) is 3.99. The molecule has 9 heteroatoms. The summed E-state index contributed by atoms with van der Waals surface area (Å²) in [5.74, 6) is -0.0876. The Hall–Kier alpha value is -2.00. The van der Waals surface area contributed by atoms with Crippen LogP contribution in [0.25, 0.3) is 0 Å². The van der Waals surface area contributed by atoms with E-state index in [1.165, 1.54) is 12.3 Å². The number of oxazole rings is 1. The Morgan fingerprint density at radius 3 is 2.70 bits per heavy atom.